The summed E-state index contributed by atoms with van der Waals surface area (Å²) in [6, 6.07) is 1.91. The Labute approximate surface area is 124 Å². The maximum atomic E-state index is 11.9. The van der Waals surface area contributed by atoms with Crippen LogP contribution in [0.3, 0.4) is 0 Å². The average Bonchev–Trinajstić information content (AvgIpc) is 2.48. The Morgan fingerprint density at radius 2 is 2.05 bits per heavy atom. The smallest absolute Gasteiger partial charge is 0.246 e. The zero-order chi connectivity index (χ0) is 14.4. The molecule has 0 N–H and O–H groups in total. The third-order valence-electron chi connectivity index (χ3n) is 3.23. The van der Waals surface area contributed by atoms with E-state index in [1.165, 1.54) is 0 Å². The molecule has 5 heteroatoms. The first-order chi connectivity index (χ1) is 9.72. The molecule has 4 nitrogen and oxygen atoms in total. The van der Waals surface area contributed by atoms with Gasteiger partial charge in [-0.15, -0.1) is 0 Å². The lowest BCUT2D eigenvalue weighted by Gasteiger charge is -2.35. The van der Waals surface area contributed by atoms with Crippen LogP contribution in [0.1, 0.15) is 6.92 Å². The van der Waals surface area contributed by atoms with Crippen LogP contribution in [0.4, 0.5) is 5.69 Å². The number of piperazine rings is 1. The van der Waals surface area contributed by atoms with Gasteiger partial charge >= 0.3 is 0 Å². The van der Waals surface area contributed by atoms with Gasteiger partial charge in [-0.25, -0.2) is 0 Å². The molecule has 0 aliphatic carbocycles. The second-order valence-corrected chi connectivity index (χ2v) is 4.93. The third-order valence-corrected chi connectivity index (χ3v) is 3.52. The molecular formula is C15H18ClN3O. The number of hydrogen-bond acceptors (Lipinski definition) is 3. The number of rotatable bonds is 3. The quantitative estimate of drug-likeness (QED) is 0.634. The van der Waals surface area contributed by atoms with Crippen LogP contribution in [-0.2, 0) is 4.79 Å². The van der Waals surface area contributed by atoms with Gasteiger partial charge in [-0.1, -0.05) is 29.8 Å². The summed E-state index contributed by atoms with van der Waals surface area (Å²) in [5.41, 5.74) is 0.984. The second kappa shape index (κ2) is 7.10. The van der Waals surface area contributed by atoms with Gasteiger partial charge in [0.1, 0.15) is 0 Å². The fourth-order valence-electron chi connectivity index (χ4n) is 2.15. The normalized spacial score (nSPS) is 16.3. The Hall–Kier alpha value is -1.81. The van der Waals surface area contributed by atoms with Crippen LogP contribution < -0.4 is 4.90 Å². The first-order valence-electron chi connectivity index (χ1n) is 6.65. The molecule has 0 bridgehead atoms. The molecule has 1 aromatic heterocycles. The van der Waals surface area contributed by atoms with Crippen LogP contribution in [-0.4, -0.2) is 42.0 Å². The van der Waals surface area contributed by atoms with Crippen molar-refractivity contribution in [2.45, 2.75) is 6.92 Å². The number of hydrogen-bond donors (Lipinski definition) is 0. The van der Waals surface area contributed by atoms with E-state index in [4.69, 9.17) is 11.6 Å². The van der Waals surface area contributed by atoms with E-state index in [1.54, 1.807) is 24.5 Å². The number of pyridine rings is 1. The summed E-state index contributed by atoms with van der Waals surface area (Å²) >= 11 is 6.14. The van der Waals surface area contributed by atoms with Crippen molar-refractivity contribution in [2.75, 3.05) is 31.1 Å². The minimum atomic E-state index is 0.0589. The fraction of sp³-hybridized carbons (Fsp3) is 0.333. The topological polar surface area (TPSA) is 36.4 Å². The maximum Gasteiger partial charge on any atom is 0.246 e. The van der Waals surface area contributed by atoms with Crippen LogP contribution in [0, 0.1) is 0 Å². The molecule has 0 aromatic carbocycles. The highest BCUT2D eigenvalue weighted by atomic mass is 35.5. The SMILES string of the molecule is CC=CC=CC(=O)N1CCN(c2ccncc2Cl)CC1. The van der Waals surface area contributed by atoms with E-state index in [9.17, 15) is 4.79 Å². The Morgan fingerprint density at radius 1 is 1.30 bits per heavy atom. The van der Waals surface area contributed by atoms with E-state index in [1.807, 2.05) is 30.0 Å². The molecule has 2 rings (SSSR count). The van der Waals surface area contributed by atoms with Crippen molar-refractivity contribution in [1.82, 2.24) is 9.88 Å². The van der Waals surface area contributed by atoms with Crippen molar-refractivity contribution in [3.8, 4) is 0 Å². The third kappa shape index (κ3) is 3.61. The molecule has 1 aliphatic heterocycles. The zero-order valence-corrected chi connectivity index (χ0v) is 12.3. The van der Waals surface area contributed by atoms with Crippen LogP contribution in [0.25, 0.3) is 0 Å². The standard InChI is InChI=1S/C15H18ClN3O/c1-2-3-4-5-15(20)19-10-8-18(9-11-19)14-6-7-17-12-13(14)16/h2-7,12H,8-11H2,1H3. The molecule has 2 heterocycles. The number of allylic oxidation sites excluding steroid dienone is 3. The van der Waals surface area contributed by atoms with Gasteiger partial charge in [0.2, 0.25) is 5.91 Å². The van der Waals surface area contributed by atoms with Gasteiger partial charge in [0.25, 0.3) is 0 Å². The average molecular weight is 292 g/mol. The molecule has 1 amide bonds. The molecule has 0 spiro atoms. The predicted octanol–water partition coefficient (Wildman–Crippen LogP) is 2.52. The minimum Gasteiger partial charge on any atom is -0.367 e. The Bertz CT molecular complexity index is 520. The van der Waals surface area contributed by atoms with E-state index in [-0.39, 0.29) is 5.91 Å². The highest BCUT2D eigenvalue weighted by molar-refractivity contribution is 6.33. The second-order valence-electron chi connectivity index (χ2n) is 4.52. The largest absolute Gasteiger partial charge is 0.367 e. The molecular weight excluding hydrogens is 274 g/mol. The van der Waals surface area contributed by atoms with Gasteiger partial charge in [0, 0.05) is 44.6 Å². The first-order valence-corrected chi connectivity index (χ1v) is 7.03. The molecule has 1 saturated heterocycles. The van der Waals surface area contributed by atoms with Crippen molar-refractivity contribution < 1.29 is 4.79 Å². The molecule has 106 valence electrons. The molecule has 1 aromatic rings. The number of nitrogens with zero attached hydrogens (tertiary/aromatic N) is 3. The Balaban J connectivity index is 1.93. The molecule has 0 unspecified atom stereocenters. The maximum absolute atomic E-state index is 11.9. The molecule has 0 saturated carbocycles. The minimum absolute atomic E-state index is 0.0589. The lowest BCUT2D eigenvalue weighted by atomic mass is 10.2. The van der Waals surface area contributed by atoms with Gasteiger partial charge in [-0.05, 0) is 13.0 Å². The number of amides is 1. The van der Waals surface area contributed by atoms with Crippen molar-refractivity contribution in [1.29, 1.82) is 0 Å². The van der Waals surface area contributed by atoms with Crippen molar-refractivity contribution in [3.05, 3.63) is 47.8 Å². The van der Waals surface area contributed by atoms with Crippen molar-refractivity contribution in [2.24, 2.45) is 0 Å². The van der Waals surface area contributed by atoms with Crippen LogP contribution in [0.5, 0.6) is 0 Å². The van der Waals surface area contributed by atoms with Crippen molar-refractivity contribution >= 4 is 23.2 Å². The van der Waals surface area contributed by atoms with Crippen LogP contribution >= 0.6 is 11.6 Å². The summed E-state index contributed by atoms with van der Waals surface area (Å²) in [6.07, 6.45) is 10.5. The summed E-state index contributed by atoms with van der Waals surface area (Å²) in [5, 5.41) is 0.653. The summed E-state index contributed by atoms with van der Waals surface area (Å²) < 4.78 is 0. The Kier molecular flexibility index (Phi) is 5.18. The van der Waals surface area contributed by atoms with Crippen LogP contribution in [0.15, 0.2) is 42.8 Å². The van der Waals surface area contributed by atoms with E-state index >= 15 is 0 Å². The highest BCUT2D eigenvalue weighted by Crippen LogP contribution is 2.25. The van der Waals surface area contributed by atoms with E-state index in [0.29, 0.717) is 18.1 Å². The van der Waals surface area contributed by atoms with E-state index < -0.39 is 0 Å². The summed E-state index contributed by atoms with van der Waals surface area (Å²) in [6.45, 7) is 4.90. The van der Waals surface area contributed by atoms with E-state index in [2.05, 4.69) is 9.88 Å². The zero-order valence-electron chi connectivity index (χ0n) is 11.5. The Morgan fingerprint density at radius 3 is 2.70 bits per heavy atom. The summed E-state index contributed by atoms with van der Waals surface area (Å²) in [5.74, 6) is 0.0589. The molecule has 20 heavy (non-hydrogen) atoms. The van der Waals surface area contributed by atoms with Gasteiger partial charge < -0.3 is 9.80 Å². The lowest BCUT2D eigenvalue weighted by Crippen LogP contribution is -2.48. The van der Waals surface area contributed by atoms with Crippen LogP contribution in [0.2, 0.25) is 5.02 Å². The molecule has 0 atom stereocenters. The molecule has 1 aliphatic rings. The number of aromatic nitrogens is 1. The number of anilines is 1. The molecule has 1 fully saturated rings. The number of halogens is 1. The summed E-state index contributed by atoms with van der Waals surface area (Å²) in [7, 11) is 0. The lowest BCUT2D eigenvalue weighted by molar-refractivity contribution is -0.126. The number of carbonyl (C=O) groups excluding carboxylic acids is 1. The van der Waals surface area contributed by atoms with Crippen molar-refractivity contribution in [3.63, 3.8) is 0 Å². The first kappa shape index (κ1) is 14.6. The monoisotopic (exact) mass is 291 g/mol. The predicted molar refractivity (Wildman–Crippen MR) is 82.0 cm³/mol. The summed E-state index contributed by atoms with van der Waals surface area (Å²) in [4.78, 5) is 20.0. The van der Waals surface area contributed by atoms with Gasteiger partial charge in [0.05, 0.1) is 10.7 Å². The van der Waals surface area contributed by atoms with Gasteiger partial charge in [-0.2, -0.15) is 0 Å². The highest BCUT2D eigenvalue weighted by Gasteiger charge is 2.20. The fourth-order valence-corrected chi connectivity index (χ4v) is 2.39. The van der Waals surface area contributed by atoms with Gasteiger partial charge in [-0.3, -0.25) is 9.78 Å². The molecule has 0 radical (unpaired) electrons. The van der Waals surface area contributed by atoms with Gasteiger partial charge in [0.15, 0.2) is 0 Å². The van der Waals surface area contributed by atoms with E-state index in [0.717, 1.165) is 18.8 Å². The number of carbonyl (C=O) groups is 1.